The number of alkyl halides is 2. The second-order valence-corrected chi connectivity index (χ2v) is 3.86. The minimum absolute atomic E-state index is 0.317. The van der Waals surface area contributed by atoms with Crippen LogP contribution in [0, 0.1) is 0 Å². The number of aromatic nitrogens is 1. The van der Waals surface area contributed by atoms with Crippen LogP contribution in [0.3, 0.4) is 0 Å². The molecule has 0 saturated carbocycles. The van der Waals surface area contributed by atoms with E-state index >= 15 is 0 Å². The first-order chi connectivity index (χ1) is 7.68. The molecular weight excluding hydrogens is 234 g/mol. The second kappa shape index (κ2) is 4.80. The highest BCUT2D eigenvalue weighted by molar-refractivity contribution is 6.36. The fraction of sp³-hybridized carbons (Fsp3) is 0.273. The molecule has 0 unspecified atom stereocenters. The fourth-order valence-electron chi connectivity index (χ4n) is 1.59. The monoisotopic (exact) mass is 244 g/mol. The molecule has 2 rings (SSSR count). The highest BCUT2D eigenvalue weighted by Crippen LogP contribution is 2.26. The van der Waals surface area contributed by atoms with E-state index < -0.39 is 6.43 Å². The summed E-state index contributed by atoms with van der Waals surface area (Å²) in [6.07, 6.45) is -2.34. The van der Waals surface area contributed by atoms with E-state index in [4.69, 9.17) is 11.6 Å². The van der Waals surface area contributed by atoms with Crippen molar-refractivity contribution in [3.05, 3.63) is 35.0 Å². The lowest BCUT2D eigenvalue weighted by molar-refractivity contribution is 0.145. The van der Waals surface area contributed by atoms with E-state index in [1.807, 2.05) is 24.3 Å². The molecule has 2 nitrogen and oxygen atoms in total. The van der Waals surface area contributed by atoms with Gasteiger partial charge in [-0.25, -0.2) is 8.78 Å². The Morgan fingerprint density at radius 1 is 1.31 bits per heavy atom. The summed E-state index contributed by atoms with van der Waals surface area (Å²) in [5, 5.41) is 4.15. The van der Waals surface area contributed by atoms with Gasteiger partial charge >= 0.3 is 0 Å². The van der Waals surface area contributed by atoms with Crippen molar-refractivity contribution >= 4 is 22.5 Å². The van der Waals surface area contributed by atoms with Crippen LogP contribution in [-0.2, 0) is 6.54 Å². The first-order valence-corrected chi connectivity index (χ1v) is 5.30. The van der Waals surface area contributed by atoms with Gasteiger partial charge in [0.25, 0.3) is 6.43 Å². The van der Waals surface area contributed by atoms with E-state index in [2.05, 4.69) is 10.3 Å². The van der Waals surface area contributed by atoms with Crippen LogP contribution in [0.5, 0.6) is 0 Å². The van der Waals surface area contributed by atoms with E-state index in [1.165, 1.54) is 0 Å². The molecule has 0 aliphatic heterocycles. The smallest absolute Gasteiger partial charge is 0.250 e. The average molecular weight is 245 g/mol. The van der Waals surface area contributed by atoms with Crippen molar-refractivity contribution in [3.8, 4) is 0 Å². The Balaban J connectivity index is 2.15. The van der Waals surface area contributed by atoms with Crippen molar-refractivity contribution in [2.45, 2.75) is 13.0 Å². The molecule has 0 aliphatic rings. The lowest BCUT2D eigenvalue weighted by Gasteiger charge is -2.02. The van der Waals surface area contributed by atoms with Gasteiger partial charge < -0.3 is 10.3 Å². The molecule has 2 N–H and O–H groups in total. The predicted molar refractivity (Wildman–Crippen MR) is 61.0 cm³/mol. The van der Waals surface area contributed by atoms with Crippen LogP contribution in [0.1, 0.15) is 5.69 Å². The van der Waals surface area contributed by atoms with Crippen LogP contribution in [0.2, 0.25) is 5.02 Å². The van der Waals surface area contributed by atoms with Gasteiger partial charge in [0, 0.05) is 23.1 Å². The topological polar surface area (TPSA) is 27.8 Å². The van der Waals surface area contributed by atoms with Crippen molar-refractivity contribution in [1.29, 1.82) is 0 Å². The van der Waals surface area contributed by atoms with E-state index in [9.17, 15) is 8.78 Å². The van der Waals surface area contributed by atoms with E-state index in [-0.39, 0.29) is 6.54 Å². The normalized spacial score (nSPS) is 11.5. The van der Waals surface area contributed by atoms with E-state index in [0.29, 0.717) is 11.6 Å². The standard InChI is InChI=1S/C11H11ClF2N2/c12-11-7-3-1-2-4-8(7)16-9(11)5-15-6-10(13)14/h1-4,10,15-16H,5-6H2. The lowest BCUT2D eigenvalue weighted by Crippen LogP contribution is -2.20. The number of para-hydroxylation sites is 1. The molecule has 86 valence electrons. The lowest BCUT2D eigenvalue weighted by atomic mass is 10.2. The zero-order valence-electron chi connectivity index (χ0n) is 8.43. The number of fused-ring (bicyclic) bond motifs is 1. The SMILES string of the molecule is FC(F)CNCc1[nH]c2ccccc2c1Cl. The summed E-state index contributed by atoms with van der Waals surface area (Å²) in [6, 6.07) is 7.58. The predicted octanol–water partition coefficient (Wildman–Crippen LogP) is 3.18. The van der Waals surface area contributed by atoms with Gasteiger partial charge in [-0.2, -0.15) is 0 Å². The van der Waals surface area contributed by atoms with Crippen molar-refractivity contribution < 1.29 is 8.78 Å². The van der Waals surface area contributed by atoms with E-state index in [1.54, 1.807) is 0 Å². The summed E-state index contributed by atoms with van der Waals surface area (Å²) in [5.41, 5.74) is 1.66. The van der Waals surface area contributed by atoms with Gasteiger partial charge in [0.1, 0.15) is 0 Å². The maximum Gasteiger partial charge on any atom is 0.250 e. The van der Waals surface area contributed by atoms with Crippen molar-refractivity contribution in [2.24, 2.45) is 0 Å². The van der Waals surface area contributed by atoms with Crippen molar-refractivity contribution in [1.82, 2.24) is 10.3 Å². The number of hydrogen-bond donors (Lipinski definition) is 2. The quantitative estimate of drug-likeness (QED) is 0.850. The minimum atomic E-state index is -2.34. The summed E-state index contributed by atoms with van der Waals surface area (Å²) >= 11 is 6.11. The van der Waals surface area contributed by atoms with Gasteiger partial charge in [0.2, 0.25) is 0 Å². The number of nitrogens with one attached hydrogen (secondary N) is 2. The number of benzene rings is 1. The van der Waals surface area contributed by atoms with Crippen LogP contribution < -0.4 is 5.32 Å². The largest absolute Gasteiger partial charge is 0.356 e. The summed E-state index contributed by atoms with van der Waals surface area (Å²) in [7, 11) is 0. The molecule has 0 saturated heterocycles. The van der Waals surface area contributed by atoms with Gasteiger partial charge in [-0.3, -0.25) is 0 Å². The molecule has 1 aromatic heterocycles. The molecule has 0 amide bonds. The maximum atomic E-state index is 11.9. The summed E-state index contributed by atoms with van der Waals surface area (Å²) < 4.78 is 23.9. The average Bonchev–Trinajstić information content (AvgIpc) is 2.56. The van der Waals surface area contributed by atoms with Crippen LogP contribution in [-0.4, -0.2) is 18.0 Å². The van der Waals surface area contributed by atoms with Crippen LogP contribution >= 0.6 is 11.6 Å². The molecule has 0 bridgehead atoms. The Morgan fingerprint density at radius 3 is 2.75 bits per heavy atom. The van der Waals surface area contributed by atoms with Gasteiger partial charge in [-0.1, -0.05) is 29.8 Å². The van der Waals surface area contributed by atoms with Crippen LogP contribution in [0.25, 0.3) is 10.9 Å². The molecule has 0 radical (unpaired) electrons. The molecule has 1 aromatic carbocycles. The maximum absolute atomic E-state index is 11.9. The first-order valence-electron chi connectivity index (χ1n) is 4.92. The van der Waals surface area contributed by atoms with Gasteiger partial charge in [-0.05, 0) is 6.07 Å². The Kier molecular flexibility index (Phi) is 3.41. The van der Waals surface area contributed by atoms with Gasteiger partial charge in [0.05, 0.1) is 11.6 Å². The zero-order valence-corrected chi connectivity index (χ0v) is 9.19. The molecule has 5 heteroatoms. The number of halogens is 3. The minimum Gasteiger partial charge on any atom is -0.356 e. The van der Waals surface area contributed by atoms with Gasteiger partial charge in [-0.15, -0.1) is 0 Å². The Labute approximate surface area is 96.6 Å². The molecule has 0 aliphatic carbocycles. The third-order valence-corrected chi connectivity index (χ3v) is 2.75. The van der Waals surface area contributed by atoms with Gasteiger partial charge in [0.15, 0.2) is 0 Å². The van der Waals surface area contributed by atoms with Crippen LogP contribution in [0.15, 0.2) is 24.3 Å². The summed E-state index contributed by atoms with van der Waals surface area (Å²) in [4.78, 5) is 3.10. The third-order valence-electron chi connectivity index (χ3n) is 2.31. The first kappa shape index (κ1) is 11.4. The number of H-pyrrole nitrogens is 1. The number of aromatic amines is 1. The molecule has 0 atom stereocenters. The highest BCUT2D eigenvalue weighted by Gasteiger charge is 2.09. The molecular formula is C11H11ClF2N2. The fourth-order valence-corrected chi connectivity index (χ4v) is 1.87. The molecule has 1 heterocycles. The molecule has 16 heavy (non-hydrogen) atoms. The second-order valence-electron chi connectivity index (χ2n) is 3.49. The van der Waals surface area contributed by atoms with Crippen molar-refractivity contribution in [3.63, 3.8) is 0 Å². The third kappa shape index (κ3) is 2.33. The highest BCUT2D eigenvalue weighted by atomic mass is 35.5. The Hall–Kier alpha value is -1.13. The summed E-state index contributed by atoms with van der Waals surface area (Å²) in [6.45, 7) is -0.0104. The molecule has 0 fully saturated rings. The van der Waals surface area contributed by atoms with Crippen molar-refractivity contribution in [2.75, 3.05) is 6.54 Å². The Morgan fingerprint density at radius 2 is 2.06 bits per heavy atom. The summed E-state index contributed by atoms with van der Waals surface area (Å²) in [5.74, 6) is 0. The Bertz CT molecular complexity index is 482. The number of rotatable bonds is 4. The van der Waals surface area contributed by atoms with Crippen LogP contribution in [0.4, 0.5) is 8.78 Å². The molecule has 2 aromatic rings. The molecule has 0 spiro atoms. The zero-order chi connectivity index (χ0) is 11.5. The number of hydrogen-bond acceptors (Lipinski definition) is 1. The van der Waals surface area contributed by atoms with E-state index in [0.717, 1.165) is 16.6 Å².